The lowest BCUT2D eigenvalue weighted by Crippen LogP contribution is -2.29. The van der Waals surface area contributed by atoms with E-state index in [0.29, 0.717) is 10.9 Å². The van der Waals surface area contributed by atoms with Gasteiger partial charge in [-0.25, -0.2) is 8.78 Å². The molecule has 7 heteroatoms. The van der Waals surface area contributed by atoms with Gasteiger partial charge in [-0.3, -0.25) is 9.69 Å². The third-order valence-corrected chi connectivity index (χ3v) is 3.89. The average molecular weight is 331 g/mol. The highest BCUT2D eigenvalue weighted by atomic mass is 35.5. The molecule has 21 heavy (non-hydrogen) atoms. The molecule has 1 heterocycles. The Morgan fingerprint density at radius 2 is 2.10 bits per heavy atom. The predicted molar refractivity (Wildman–Crippen MR) is 80.7 cm³/mol. The molecule has 0 aliphatic rings. The number of nitrogens with one attached hydrogen (secondary N) is 1. The number of hydrogen-bond acceptors (Lipinski definition) is 3. The molecule has 1 aromatic carbocycles. The van der Waals surface area contributed by atoms with Crippen LogP contribution in [0.1, 0.15) is 4.88 Å². The van der Waals surface area contributed by atoms with Crippen molar-refractivity contribution in [2.75, 3.05) is 18.9 Å². The lowest BCUT2D eigenvalue weighted by atomic mass is 10.3. The molecule has 0 radical (unpaired) electrons. The first-order valence-corrected chi connectivity index (χ1v) is 7.31. The number of rotatable bonds is 5. The molecular formula is C14H13ClF2N2OS. The van der Waals surface area contributed by atoms with Gasteiger partial charge in [-0.1, -0.05) is 11.6 Å². The fourth-order valence-electron chi connectivity index (χ4n) is 1.79. The minimum Gasteiger partial charge on any atom is -0.322 e. The Hall–Kier alpha value is -1.50. The Labute approximate surface area is 130 Å². The average Bonchev–Trinajstić information content (AvgIpc) is 2.79. The number of anilines is 1. The summed E-state index contributed by atoms with van der Waals surface area (Å²) in [6.45, 7) is 0.613. The quantitative estimate of drug-likeness (QED) is 0.905. The number of halogens is 3. The van der Waals surface area contributed by atoms with Crippen LogP contribution in [0, 0.1) is 11.6 Å². The zero-order chi connectivity index (χ0) is 15.4. The van der Waals surface area contributed by atoms with E-state index in [1.165, 1.54) is 11.3 Å². The van der Waals surface area contributed by atoms with Crippen LogP contribution in [-0.4, -0.2) is 24.4 Å². The van der Waals surface area contributed by atoms with Gasteiger partial charge in [-0.05, 0) is 31.3 Å². The van der Waals surface area contributed by atoms with Gasteiger partial charge in [-0.15, -0.1) is 11.3 Å². The SMILES string of the molecule is CN(CC(=O)Nc1cc(F)ccc1F)Cc1ccc(Cl)s1. The molecule has 0 aliphatic heterocycles. The summed E-state index contributed by atoms with van der Waals surface area (Å²) in [4.78, 5) is 14.6. The van der Waals surface area contributed by atoms with Gasteiger partial charge in [0.05, 0.1) is 16.6 Å². The van der Waals surface area contributed by atoms with Crippen LogP contribution in [0.25, 0.3) is 0 Å². The second-order valence-electron chi connectivity index (χ2n) is 4.55. The second-order valence-corrected chi connectivity index (χ2v) is 6.35. The fourth-order valence-corrected chi connectivity index (χ4v) is 2.95. The van der Waals surface area contributed by atoms with Gasteiger partial charge in [0, 0.05) is 17.5 Å². The first-order valence-electron chi connectivity index (χ1n) is 6.11. The molecule has 1 N–H and O–H groups in total. The van der Waals surface area contributed by atoms with E-state index < -0.39 is 17.5 Å². The molecule has 2 aromatic rings. The maximum Gasteiger partial charge on any atom is 0.238 e. The van der Waals surface area contributed by atoms with Crippen molar-refractivity contribution in [2.24, 2.45) is 0 Å². The Morgan fingerprint density at radius 1 is 1.33 bits per heavy atom. The summed E-state index contributed by atoms with van der Waals surface area (Å²) < 4.78 is 27.1. The molecule has 0 aliphatic carbocycles. The van der Waals surface area contributed by atoms with E-state index in [2.05, 4.69) is 5.32 Å². The number of likely N-dealkylation sites (N-methyl/N-ethyl adjacent to an activating group) is 1. The molecule has 0 spiro atoms. The Kier molecular flexibility index (Phi) is 5.27. The maximum absolute atomic E-state index is 13.4. The highest BCUT2D eigenvalue weighted by Crippen LogP contribution is 2.22. The fraction of sp³-hybridized carbons (Fsp3) is 0.214. The smallest absolute Gasteiger partial charge is 0.238 e. The van der Waals surface area contributed by atoms with E-state index in [9.17, 15) is 13.6 Å². The van der Waals surface area contributed by atoms with Crippen molar-refractivity contribution in [3.8, 4) is 0 Å². The van der Waals surface area contributed by atoms with Gasteiger partial charge in [0.25, 0.3) is 0 Å². The summed E-state index contributed by atoms with van der Waals surface area (Å²) in [7, 11) is 1.76. The molecule has 112 valence electrons. The molecular weight excluding hydrogens is 318 g/mol. The van der Waals surface area contributed by atoms with Crippen LogP contribution in [0.5, 0.6) is 0 Å². The van der Waals surface area contributed by atoms with Gasteiger partial charge >= 0.3 is 0 Å². The number of thiophene rings is 1. The predicted octanol–water partition coefficient (Wildman–Crippen LogP) is 3.75. The van der Waals surface area contributed by atoms with Gasteiger partial charge in [0.2, 0.25) is 5.91 Å². The Bertz CT molecular complexity index is 648. The van der Waals surface area contributed by atoms with Crippen molar-refractivity contribution in [3.05, 3.63) is 51.2 Å². The molecule has 1 amide bonds. The van der Waals surface area contributed by atoms with Crippen LogP contribution in [0.15, 0.2) is 30.3 Å². The molecule has 0 bridgehead atoms. The number of benzene rings is 1. The normalized spacial score (nSPS) is 10.9. The van der Waals surface area contributed by atoms with E-state index >= 15 is 0 Å². The van der Waals surface area contributed by atoms with Crippen molar-refractivity contribution in [2.45, 2.75) is 6.54 Å². The van der Waals surface area contributed by atoms with Gasteiger partial charge in [0.15, 0.2) is 0 Å². The second kappa shape index (κ2) is 6.98. The number of nitrogens with zero attached hydrogens (tertiary/aromatic N) is 1. The van der Waals surface area contributed by atoms with Crippen LogP contribution in [-0.2, 0) is 11.3 Å². The molecule has 0 fully saturated rings. The van der Waals surface area contributed by atoms with Crippen molar-refractivity contribution in [1.29, 1.82) is 0 Å². The van der Waals surface area contributed by atoms with Crippen LogP contribution >= 0.6 is 22.9 Å². The van der Waals surface area contributed by atoms with Gasteiger partial charge in [-0.2, -0.15) is 0 Å². The number of hydrogen-bond donors (Lipinski definition) is 1. The van der Waals surface area contributed by atoms with E-state index in [4.69, 9.17) is 11.6 Å². The number of carbonyl (C=O) groups is 1. The summed E-state index contributed by atoms with van der Waals surface area (Å²) in [6, 6.07) is 6.59. The molecule has 2 rings (SSSR count). The molecule has 3 nitrogen and oxygen atoms in total. The molecule has 0 saturated heterocycles. The molecule has 1 aromatic heterocycles. The maximum atomic E-state index is 13.4. The monoisotopic (exact) mass is 330 g/mol. The summed E-state index contributed by atoms with van der Waals surface area (Å²) in [6.07, 6.45) is 0. The molecule has 0 atom stereocenters. The Balaban J connectivity index is 1.90. The Morgan fingerprint density at radius 3 is 2.76 bits per heavy atom. The first kappa shape index (κ1) is 15.9. The number of carbonyl (C=O) groups excluding carboxylic acids is 1. The zero-order valence-electron chi connectivity index (χ0n) is 11.2. The van der Waals surface area contributed by atoms with Crippen molar-refractivity contribution >= 4 is 34.5 Å². The molecule has 0 saturated carbocycles. The minimum atomic E-state index is -0.669. The van der Waals surface area contributed by atoms with E-state index in [1.807, 2.05) is 6.07 Å². The third-order valence-electron chi connectivity index (χ3n) is 2.67. The lowest BCUT2D eigenvalue weighted by Gasteiger charge is -2.15. The highest BCUT2D eigenvalue weighted by Gasteiger charge is 2.11. The minimum absolute atomic E-state index is 0.0610. The summed E-state index contributed by atoms with van der Waals surface area (Å²) in [5.74, 6) is -1.68. The van der Waals surface area contributed by atoms with Gasteiger partial charge < -0.3 is 5.32 Å². The molecule has 0 unspecified atom stereocenters. The summed E-state index contributed by atoms with van der Waals surface area (Å²) in [5.41, 5.74) is -0.160. The van der Waals surface area contributed by atoms with E-state index in [1.54, 1.807) is 18.0 Å². The van der Waals surface area contributed by atoms with Crippen molar-refractivity contribution in [1.82, 2.24) is 4.90 Å². The van der Waals surface area contributed by atoms with Crippen molar-refractivity contribution in [3.63, 3.8) is 0 Å². The standard InChI is InChI=1S/C14H13ClF2N2OS/c1-19(7-10-3-5-13(15)21-10)8-14(20)18-12-6-9(16)2-4-11(12)17/h2-6H,7-8H2,1H3,(H,18,20). The zero-order valence-corrected chi connectivity index (χ0v) is 12.8. The van der Waals surface area contributed by atoms with Crippen LogP contribution in [0.3, 0.4) is 0 Å². The summed E-state index contributed by atoms with van der Waals surface area (Å²) in [5, 5.41) is 2.35. The third kappa shape index (κ3) is 4.77. The lowest BCUT2D eigenvalue weighted by molar-refractivity contribution is -0.117. The topological polar surface area (TPSA) is 32.3 Å². The number of amides is 1. The summed E-state index contributed by atoms with van der Waals surface area (Å²) >= 11 is 7.27. The van der Waals surface area contributed by atoms with Crippen LogP contribution in [0.4, 0.5) is 14.5 Å². The van der Waals surface area contributed by atoms with E-state index in [-0.39, 0.29) is 12.2 Å². The largest absolute Gasteiger partial charge is 0.322 e. The van der Waals surface area contributed by atoms with E-state index in [0.717, 1.165) is 23.1 Å². The van der Waals surface area contributed by atoms with Crippen LogP contribution in [0.2, 0.25) is 4.34 Å². The van der Waals surface area contributed by atoms with Crippen molar-refractivity contribution < 1.29 is 13.6 Å². The first-order chi connectivity index (χ1) is 9.94. The van der Waals surface area contributed by atoms with Gasteiger partial charge in [0.1, 0.15) is 11.6 Å². The van der Waals surface area contributed by atoms with Crippen LogP contribution < -0.4 is 5.32 Å². The highest BCUT2D eigenvalue weighted by molar-refractivity contribution is 7.16.